The van der Waals surface area contributed by atoms with Crippen molar-refractivity contribution in [2.75, 3.05) is 0 Å². The van der Waals surface area contributed by atoms with Gasteiger partial charge in [-0.2, -0.15) is 13.2 Å². The number of carbonyl (C=O) groups is 3. The summed E-state index contributed by atoms with van der Waals surface area (Å²) in [6.45, 7) is 1.11. The minimum Gasteiger partial charge on any atom is -0.426 e. The number of hydrogen-bond acceptors (Lipinski definition) is 4. The van der Waals surface area contributed by atoms with Crippen LogP contribution < -0.4 is 10.5 Å². The normalized spacial score (nSPS) is 14.7. The number of aryl methyl sites for hydroxylation is 1. The van der Waals surface area contributed by atoms with Gasteiger partial charge < -0.3 is 15.4 Å². The smallest absolute Gasteiger partial charge is 0.416 e. The van der Waals surface area contributed by atoms with Gasteiger partial charge in [0.15, 0.2) is 0 Å². The van der Waals surface area contributed by atoms with Gasteiger partial charge in [0, 0.05) is 19.0 Å². The van der Waals surface area contributed by atoms with Crippen LogP contribution in [0.5, 0.6) is 5.75 Å². The topological polar surface area (TPSA) is 89.7 Å². The van der Waals surface area contributed by atoms with Gasteiger partial charge in [0.25, 0.3) is 5.91 Å². The molecule has 0 aliphatic heterocycles. The van der Waals surface area contributed by atoms with E-state index in [4.69, 9.17) is 10.5 Å². The number of primary amides is 1. The molecule has 186 valence electrons. The fourth-order valence-corrected chi connectivity index (χ4v) is 4.53. The summed E-state index contributed by atoms with van der Waals surface area (Å²) in [7, 11) is 0. The third-order valence-electron chi connectivity index (χ3n) is 6.15. The average Bonchev–Trinajstić information content (AvgIpc) is 3.25. The van der Waals surface area contributed by atoms with E-state index in [9.17, 15) is 27.6 Å². The van der Waals surface area contributed by atoms with E-state index in [1.54, 1.807) is 30.3 Å². The molecule has 9 heteroatoms. The zero-order valence-corrected chi connectivity index (χ0v) is 19.3. The minimum absolute atomic E-state index is 0.0328. The number of esters is 1. The number of hydrogen-bond donors (Lipinski definition) is 1. The summed E-state index contributed by atoms with van der Waals surface area (Å²) in [5.41, 5.74) is 6.54. The second-order valence-corrected chi connectivity index (χ2v) is 8.51. The lowest BCUT2D eigenvalue weighted by molar-refractivity contribution is -0.137. The van der Waals surface area contributed by atoms with Crippen molar-refractivity contribution in [2.24, 2.45) is 5.73 Å². The standard InChI is InChI=1S/C27H23F3N2O4/c1-16(33)36-24-9-5-4-8-21(24)26(35)32(15-18-6-2-3-7-20(18)25(31)34)23-13-11-17-10-12-19(14-22(17)23)27(28,29)30/h2-10,12,14,23H,11,13,15H2,1H3,(H2,31,34)/t23-/m1/s1. The average molecular weight is 496 g/mol. The first-order valence-corrected chi connectivity index (χ1v) is 11.2. The lowest BCUT2D eigenvalue weighted by Crippen LogP contribution is -2.35. The Morgan fingerprint density at radius 3 is 2.33 bits per heavy atom. The predicted molar refractivity (Wildman–Crippen MR) is 125 cm³/mol. The highest BCUT2D eigenvalue weighted by atomic mass is 19.4. The molecule has 0 fully saturated rings. The number of ether oxygens (including phenoxy) is 1. The maximum atomic E-state index is 13.9. The molecule has 2 amide bonds. The van der Waals surface area contributed by atoms with Crippen LogP contribution in [0.1, 0.15) is 62.4 Å². The van der Waals surface area contributed by atoms with Crippen LogP contribution in [0.25, 0.3) is 0 Å². The number of alkyl halides is 3. The van der Waals surface area contributed by atoms with Crippen molar-refractivity contribution >= 4 is 17.8 Å². The van der Waals surface area contributed by atoms with Crippen molar-refractivity contribution in [3.63, 3.8) is 0 Å². The van der Waals surface area contributed by atoms with Gasteiger partial charge in [0.2, 0.25) is 5.91 Å². The van der Waals surface area contributed by atoms with Gasteiger partial charge in [0.1, 0.15) is 5.75 Å². The van der Waals surface area contributed by atoms with Crippen LogP contribution in [0, 0.1) is 0 Å². The Balaban J connectivity index is 1.83. The van der Waals surface area contributed by atoms with Gasteiger partial charge in [-0.25, -0.2) is 0 Å². The Bertz CT molecular complexity index is 1340. The number of amides is 2. The number of halogens is 3. The highest BCUT2D eigenvalue weighted by Gasteiger charge is 2.37. The monoisotopic (exact) mass is 496 g/mol. The second-order valence-electron chi connectivity index (χ2n) is 8.51. The Morgan fingerprint density at radius 1 is 1.00 bits per heavy atom. The molecule has 0 bridgehead atoms. The van der Waals surface area contributed by atoms with Crippen LogP contribution in [0.3, 0.4) is 0 Å². The molecule has 3 aromatic rings. The highest BCUT2D eigenvalue weighted by molar-refractivity contribution is 5.98. The van der Waals surface area contributed by atoms with E-state index in [-0.39, 0.29) is 23.4 Å². The molecular weight excluding hydrogens is 473 g/mol. The highest BCUT2D eigenvalue weighted by Crippen LogP contribution is 2.41. The van der Waals surface area contributed by atoms with Gasteiger partial charge in [-0.15, -0.1) is 0 Å². The number of nitrogens with two attached hydrogens (primary N) is 1. The SMILES string of the molecule is CC(=O)Oc1ccccc1C(=O)N(Cc1ccccc1C(N)=O)[C@@H]1CCc2ccc(C(F)(F)F)cc21. The molecule has 6 nitrogen and oxygen atoms in total. The molecule has 1 aliphatic rings. The maximum absolute atomic E-state index is 13.9. The number of para-hydroxylation sites is 1. The molecule has 36 heavy (non-hydrogen) atoms. The molecule has 0 heterocycles. The van der Waals surface area contributed by atoms with Crippen LogP contribution >= 0.6 is 0 Å². The lowest BCUT2D eigenvalue weighted by atomic mass is 10.00. The molecule has 2 N–H and O–H groups in total. The van der Waals surface area contributed by atoms with Crippen LogP contribution in [-0.2, 0) is 23.9 Å². The Hall–Kier alpha value is -4.14. The van der Waals surface area contributed by atoms with Crippen molar-refractivity contribution in [3.05, 3.63) is 100 Å². The van der Waals surface area contributed by atoms with E-state index >= 15 is 0 Å². The largest absolute Gasteiger partial charge is 0.426 e. The minimum atomic E-state index is -4.54. The molecule has 1 atom stereocenters. The van der Waals surface area contributed by atoms with Crippen LogP contribution in [0.15, 0.2) is 66.7 Å². The fraction of sp³-hybridized carbons (Fsp3) is 0.222. The van der Waals surface area contributed by atoms with Crippen LogP contribution in [0.2, 0.25) is 0 Å². The van der Waals surface area contributed by atoms with E-state index in [2.05, 4.69) is 0 Å². The zero-order valence-electron chi connectivity index (χ0n) is 19.3. The lowest BCUT2D eigenvalue weighted by Gasteiger charge is -2.31. The van der Waals surface area contributed by atoms with Crippen molar-refractivity contribution < 1.29 is 32.3 Å². The Labute approximate surface area is 205 Å². The quantitative estimate of drug-likeness (QED) is 0.382. The summed E-state index contributed by atoms with van der Waals surface area (Å²) in [5.74, 6) is -1.83. The predicted octanol–water partition coefficient (Wildman–Crippen LogP) is 5.06. The van der Waals surface area contributed by atoms with Crippen molar-refractivity contribution in [3.8, 4) is 5.75 Å². The number of carbonyl (C=O) groups excluding carboxylic acids is 3. The molecule has 0 aromatic heterocycles. The van der Waals surface area contributed by atoms with E-state index in [1.165, 1.54) is 36.1 Å². The summed E-state index contributed by atoms with van der Waals surface area (Å²) >= 11 is 0. The number of rotatable bonds is 6. The first-order chi connectivity index (χ1) is 17.1. The molecule has 0 spiro atoms. The molecule has 0 saturated carbocycles. The summed E-state index contributed by atoms with van der Waals surface area (Å²) < 4.78 is 45.7. The van der Waals surface area contributed by atoms with Gasteiger partial charge >= 0.3 is 12.1 Å². The molecule has 0 unspecified atom stereocenters. The van der Waals surface area contributed by atoms with Gasteiger partial charge in [0.05, 0.1) is 17.2 Å². The third kappa shape index (κ3) is 5.10. The molecule has 4 rings (SSSR count). The summed E-state index contributed by atoms with van der Waals surface area (Å²) in [4.78, 5) is 39.0. The second kappa shape index (κ2) is 9.85. The number of fused-ring (bicyclic) bond motifs is 1. The fourth-order valence-electron chi connectivity index (χ4n) is 4.53. The number of nitrogens with zero attached hydrogens (tertiary/aromatic N) is 1. The van der Waals surface area contributed by atoms with Crippen LogP contribution in [-0.4, -0.2) is 22.7 Å². The summed E-state index contributed by atoms with van der Waals surface area (Å²) in [6.07, 6.45) is -3.68. The van der Waals surface area contributed by atoms with Crippen molar-refractivity contribution in [2.45, 2.75) is 38.5 Å². The van der Waals surface area contributed by atoms with Gasteiger partial charge in [-0.05, 0) is 59.9 Å². The van der Waals surface area contributed by atoms with E-state index in [0.29, 0.717) is 29.5 Å². The summed E-state index contributed by atoms with van der Waals surface area (Å²) in [5, 5.41) is 0. The first-order valence-electron chi connectivity index (χ1n) is 11.2. The summed E-state index contributed by atoms with van der Waals surface area (Å²) in [6, 6.07) is 15.5. The number of benzene rings is 3. The Morgan fingerprint density at radius 2 is 1.67 bits per heavy atom. The maximum Gasteiger partial charge on any atom is 0.416 e. The van der Waals surface area contributed by atoms with Gasteiger partial charge in [-0.1, -0.05) is 36.4 Å². The van der Waals surface area contributed by atoms with Crippen molar-refractivity contribution in [1.29, 1.82) is 0 Å². The van der Waals surface area contributed by atoms with Gasteiger partial charge in [-0.3, -0.25) is 14.4 Å². The first kappa shape index (κ1) is 25.0. The molecule has 0 radical (unpaired) electrons. The molecule has 1 aliphatic carbocycles. The molecule has 3 aromatic carbocycles. The zero-order chi connectivity index (χ0) is 26.0. The van der Waals surface area contributed by atoms with E-state index in [0.717, 1.165) is 12.1 Å². The van der Waals surface area contributed by atoms with E-state index in [1.807, 2.05) is 0 Å². The Kier molecular flexibility index (Phi) is 6.83. The van der Waals surface area contributed by atoms with E-state index < -0.39 is 35.6 Å². The molecular formula is C27H23F3N2O4. The van der Waals surface area contributed by atoms with Crippen LogP contribution in [0.4, 0.5) is 13.2 Å². The van der Waals surface area contributed by atoms with Crippen molar-refractivity contribution in [1.82, 2.24) is 4.90 Å². The third-order valence-corrected chi connectivity index (χ3v) is 6.15. The molecule has 0 saturated heterocycles.